The molecule has 0 spiro atoms. The summed E-state index contributed by atoms with van der Waals surface area (Å²) in [5.74, 6) is 1.17. The van der Waals surface area contributed by atoms with Crippen LogP contribution in [0.15, 0.2) is 29.2 Å². The summed E-state index contributed by atoms with van der Waals surface area (Å²) < 4.78 is 5.33. The van der Waals surface area contributed by atoms with Crippen molar-refractivity contribution in [2.45, 2.75) is 11.8 Å². The fourth-order valence-electron chi connectivity index (χ4n) is 1.82. The van der Waals surface area contributed by atoms with Crippen LogP contribution in [-0.4, -0.2) is 43.5 Å². The van der Waals surface area contributed by atoms with Crippen LogP contribution >= 0.6 is 11.8 Å². The highest BCUT2D eigenvalue weighted by Crippen LogP contribution is 2.18. The maximum atomic E-state index is 5.33. The number of ether oxygens (including phenoxy) is 1. The van der Waals surface area contributed by atoms with E-state index in [2.05, 4.69) is 36.1 Å². The van der Waals surface area contributed by atoms with Crippen LogP contribution < -0.4 is 0 Å². The quantitative estimate of drug-likeness (QED) is 0.746. The third-order valence-electron chi connectivity index (χ3n) is 2.77. The molecule has 0 unspecified atom stereocenters. The van der Waals surface area contributed by atoms with Crippen LogP contribution in [-0.2, 0) is 4.74 Å². The molecule has 88 valence electrons. The molecule has 0 N–H and O–H groups in total. The summed E-state index contributed by atoms with van der Waals surface area (Å²) in [6, 6.07) is 8.72. The molecule has 1 fully saturated rings. The first-order chi connectivity index (χ1) is 7.84. The van der Waals surface area contributed by atoms with Crippen LogP contribution in [0, 0.1) is 6.92 Å². The van der Waals surface area contributed by atoms with E-state index in [9.17, 15) is 0 Å². The first kappa shape index (κ1) is 12.0. The van der Waals surface area contributed by atoms with Crippen LogP contribution in [0.2, 0.25) is 0 Å². The summed E-state index contributed by atoms with van der Waals surface area (Å²) in [4.78, 5) is 3.86. The largest absolute Gasteiger partial charge is 0.379 e. The molecule has 1 aromatic carbocycles. The zero-order valence-electron chi connectivity index (χ0n) is 9.82. The van der Waals surface area contributed by atoms with E-state index < -0.39 is 0 Å². The Bertz CT molecular complexity index is 323. The van der Waals surface area contributed by atoms with Crippen molar-refractivity contribution < 1.29 is 4.74 Å². The molecule has 2 rings (SSSR count). The number of rotatable bonds is 4. The van der Waals surface area contributed by atoms with Gasteiger partial charge in [0, 0.05) is 30.3 Å². The van der Waals surface area contributed by atoms with Gasteiger partial charge in [0.1, 0.15) is 0 Å². The number of aryl methyl sites for hydroxylation is 1. The van der Waals surface area contributed by atoms with Gasteiger partial charge in [0.2, 0.25) is 0 Å². The number of hydrogen-bond acceptors (Lipinski definition) is 3. The predicted molar refractivity (Wildman–Crippen MR) is 69.2 cm³/mol. The number of nitrogens with zero attached hydrogens (tertiary/aromatic N) is 1. The van der Waals surface area contributed by atoms with Crippen molar-refractivity contribution >= 4 is 11.8 Å². The summed E-state index contributed by atoms with van der Waals surface area (Å²) in [5, 5.41) is 0. The van der Waals surface area contributed by atoms with Crippen molar-refractivity contribution in [2.75, 3.05) is 38.6 Å². The van der Waals surface area contributed by atoms with Crippen LogP contribution in [0.4, 0.5) is 0 Å². The van der Waals surface area contributed by atoms with E-state index in [4.69, 9.17) is 4.74 Å². The van der Waals surface area contributed by atoms with E-state index in [1.54, 1.807) is 0 Å². The molecule has 1 saturated heterocycles. The lowest BCUT2D eigenvalue weighted by Crippen LogP contribution is -2.37. The van der Waals surface area contributed by atoms with Crippen molar-refractivity contribution in [3.05, 3.63) is 29.8 Å². The van der Waals surface area contributed by atoms with Crippen LogP contribution in [0.5, 0.6) is 0 Å². The van der Waals surface area contributed by atoms with E-state index in [1.165, 1.54) is 22.8 Å². The van der Waals surface area contributed by atoms with Crippen molar-refractivity contribution in [2.24, 2.45) is 0 Å². The monoisotopic (exact) mass is 237 g/mol. The Kier molecular flexibility index (Phi) is 4.69. The van der Waals surface area contributed by atoms with Gasteiger partial charge in [-0.15, -0.1) is 11.8 Å². The summed E-state index contributed by atoms with van der Waals surface area (Å²) >= 11 is 1.95. The Labute approximate surface area is 102 Å². The number of hydrogen-bond donors (Lipinski definition) is 0. The molecule has 0 saturated carbocycles. The van der Waals surface area contributed by atoms with Crippen molar-refractivity contribution in [3.8, 4) is 0 Å². The number of benzene rings is 1. The van der Waals surface area contributed by atoms with E-state index in [0.29, 0.717) is 0 Å². The Hall–Kier alpha value is -0.510. The number of morpholine rings is 1. The molecule has 1 aliphatic heterocycles. The molecule has 1 heterocycles. The van der Waals surface area contributed by atoms with Gasteiger partial charge >= 0.3 is 0 Å². The Morgan fingerprint density at radius 2 is 2.12 bits per heavy atom. The smallest absolute Gasteiger partial charge is 0.0594 e. The van der Waals surface area contributed by atoms with Crippen molar-refractivity contribution in [1.82, 2.24) is 4.90 Å². The normalized spacial score (nSPS) is 17.6. The molecule has 1 aliphatic rings. The Morgan fingerprint density at radius 3 is 2.88 bits per heavy atom. The second-order valence-corrected chi connectivity index (χ2v) is 5.29. The molecule has 2 nitrogen and oxygen atoms in total. The molecular weight excluding hydrogens is 218 g/mol. The Balaban J connectivity index is 1.71. The van der Waals surface area contributed by atoms with E-state index in [0.717, 1.165) is 26.3 Å². The molecular formula is C13H19NOS. The molecule has 0 atom stereocenters. The summed E-state index contributed by atoms with van der Waals surface area (Å²) in [6.07, 6.45) is 0. The summed E-state index contributed by atoms with van der Waals surface area (Å²) in [7, 11) is 0. The van der Waals surface area contributed by atoms with E-state index in [-0.39, 0.29) is 0 Å². The van der Waals surface area contributed by atoms with Gasteiger partial charge in [-0.25, -0.2) is 0 Å². The molecule has 0 amide bonds. The topological polar surface area (TPSA) is 12.5 Å². The van der Waals surface area contributed by atoms with Gasteiger partial charge < -0.3 is 4.74 Å². The Morgan fingerprint density at radius 1 is 1.31 bits per heavy atom. The van der Waals surface area contributed by atoms with Crippen molar-refractivity contribution in [1.29, 1.82) is 0 Å². The first-order valence-electron chi connectivity index (χ1n) is 5.84. The maximum absolute atomic E-state index is 5.33. The maximum Gasteiger partial charge on any atom is 0.0594 e. The molecule has 0 radical (unpaired) electrons. The minimum Gasteiger partial charge on any atom is -0.379 e. The lowest BCUT2D eigenvalue weighted by atomic mass is 10.2. The lowest BCUT2D eigenvalue weighted by molar-refractivity contribution is 0.0410. The second-order valence-electron chi connectivity index (χ2n) is 4.12. The first-order valence-corrected chi connectivity index (χ1v) is 6.83. The third-order valence-corrected chi connectivity index (χ3v) is 3.74. The molecule has 16 heavy (non-hydrogen) atoms. The van der Waals surface area contributed by atoms with Gasteiger partial charge in [0.25, 0.3) is 0 Å². The lowest BCUT2D eigenvalue weighted by Gasteiger charge is -2.26. The highest BCUT2D eigenvalue weighted by Gasteiger charge is 2.09. The highest BCUT2D eigenvalue weighted by molar-refractivity contribution is 7.99. The van der Waals surface area contributed by atoms with Gasteiger partial charge in [0.15, 0.2) is 0 Å². The molecule has 1 aromatic rings. The average molecular weight is 237 g/mol. The standard InChI is InChI=1S/C13H19NOS/c1-12-3-2-4-13(11-12)16-10-7-14-5-8-15-9-6-14/h2-4,11H,5-10H2,1H3. The molecule has 0 aromatic heterocycles. The zero-order valence-corrected chi connectivity index (χ0v) is 10.6. The van der Waals surface area contributed by atoms with Gasteiger partial charge in [-0.3, -0.25) is 4.90 Å². The van der Waals surface area contributed by atoms with E-state index in [1.807, 2.05) is 11.8 Å². The summed E-state index contributed by atoms with van der Waals surface area (Å²) in [6.45, 7) is 7.29. The highest BCUT2D eigenvalue weighted by atomic mass is 32.2. The second kappa shape index (κ2) is 6.28. The van der Waals surface area contributed by atoms with Crippen molar-refractivity contribution in [3.63, 3.8) is 0 Å². The van der Waals surface area contributed by atoms with Crippen LogP contribution in [0.25, 0.3) is 0 Å². The van der Waals surface area contributed by atoms with Gasteiger partial charge in [-0.1, -0.05) is 17.7 Å². The number of thioether (sulfide) groups is 1. The van der Waals surface area contributed by atoms with E-state index >= 15 is 0 Å². The average Bonchev–Trinajstić information content (AvgIpc) is 2.30. The molecule has 3 heteroatoms. The third kappa shape index (κ3) is 3.81. The molecule has 0 bridgehead atoms. The van der Waals surface area contributed by atoms with Gasteiger partial charge in [-0.2, -0.15) is 0 Å². The minimum absolute atomic E-state index is 0.898. The predicted octanol–water partition coefficient (Wildman–Crippen LogP) is 2.42. The van der Waals surface area contributed by atoms with Crippen LogP contribution in [0.1, 0.15) is 5.56 Å². The SMILES string of the molecule is Cc1cccc(SCCN2CCOCC2)c1. The van der Waals surface area contributed by atoms with Gasteiger partial charge in [0.05, 0.1) is 13.2 Å². The molecule has 0 aliphatic carbocycles. The fourth-order valence-corrected chi connectivity index (χ4v) is 2.85. The zero-order chi connectivity index (χ0) is 11.2. The van der Waals surface area contributed by atoms with Crippen LogP contribution in [0.3, 0.4) is 0 Å². The van der Waals surface area contributed by atoms with Gasteiger partial charge in [-0.05, 0) is 19.1 Å². The summed E-state index contributed by atoms with van der Waals surface area (Å²) in [5.41, 5.74) is 1.34. The fraction of sp³-hybridized carbons (Fsp3) is 0.538. The minimum atomic E-state index is 0.898.